The number of ether oxygens (including phenoxy) is 2. The van der Waals surface area contributed by atoms with Crippen LogP contribution in [0.3, 0.4) is 0 Å². The lowest BCUT2D eigenvalue weighted by molar-refractivity contribution is -0.153. The van der Waals surface area contributed by atoms with E-state index in [4.69, 9.17) is 9.47 Å². The van der Waals surface area contributed by atoms with E-state index in [9.17, 15) is 9.59 Å². The van der Waals surface area contributed by atoms with Gasteiger partial charge in [-0.15, -0.1) is 0 Å². The minimum atomic E-state index is -0.397. The number of hydrogen-bond donors (Lipinski definition) is 0. The maximum Gasteiger partial charge on any atom is 0.325 e. The van der Waals surface area contributed by atoms with Gasteiger partial charge in [-0.1, -0.05) is 13.8 Å². The summed E-state index contributed by atoms with van der Waals surface area (Å²) >= 11 is 0. The van der Waals surface area contributed by atoms with Crippen LogP contribution in [-0.4, -0.2) is 49.2 Å². The van der Waals surface area contributed by atoms with Crippen LogP contribution in [0.15, 0.2) is 0 Å². The maximum atomic E-state index is 12.3. The molecule has 0 aromatic rings. The van der Waals surface area contributed by atoms with Gasteiger partial charge >= 0.3 is 5.97 Å². The number of hydrogen-bond acceptors (Lipinski definition) is 4. The second kappa shape index (κ2) is 7.36. The van der Waals surface area contributed by atoms with E-state index in [0.29, 0.717) is 19.8 Å². The monoisotopic (exact) mass is 257 g/mol. The number of amides is 1. The summed E-state index contributed by atoms with van der Waals surface area (Å²) in [5, 5.41) is 0. The summed E-state index contributed by atoms with van der Waals surface area (Å²) in [6.07, 6.45) is 1.31. The third-order valence-corrected chi connectivity index (χ3v) is 3.06. The van der Waals surface area contributed by atoms with Crippen molar-refractivity contribution in [3.05, 3.63) is 0 Å². The molecule has 5 nitrogen and oxygen atoms in total. The SMILES string of the molecule is CCCN(CC(=O)OCC)C(=O)C1OCCC1C. The van der Waals surface area contributed by atoms with Gasteiger partial charge in [0.2, 0.25) is 0 Å². The molecule has 0 spiro atoms. The molecule has 0 aromatic carbocycles. The van der Waals surface area contributed by atoms with Crippen molar-refractivity contribution in [3.63, 3.8) is 0 Å². The lowest BCUT2D eigenvalue weighted by atomic mass is 10.0. The van der Waals surface area contributed by atoms with Gasteiger partial charge in [0.1, 0.15) is 12.6 Å². The van der Waals surface area contributed by atoms with Crippen molar-refractivity contribution in [1.82, 2.24) is 4.90 Å². The second-order valence-electron chi connectivity index (χ2n) is 4.62. The van der Waals surface area contributed by atoms with E-state index in [1.165, 1.54) is 0 Å². The van der Waals surface area contributed by atoms with E-state index >= 15 is 0 Å². The predicted octanol–water partition coefficient (Wildman–Crippen LogP) is 1.21. The highest BCUT2D eigenvalue weighted by atomic mass is 16.5. The third kappa shape index (κ3) is 3.98. The van der Waals surface area contributed by atoms with Crippen LogP contribution in [0.4, 0.5) is 0 Å². The molecule has 1 saturated heterocycles. The normalized spacial score (nSPS) is 22.8. The summed E-state index contributed by atoms with van der Waals surface area (Å²) < 4.78 is 10.3. The van der Waals surface area contributed by atoms with Crippen molar-refractivity contribution >= 4 is 11.9 Å². The molecule has 0 aromatic heterocycles. The zero-order valence-electron chi connectivity index (χ0n) is 11.5. The Labute approximate surface area is 108 Å². The van der Waals surface area contributed by atoms with E-state index in [2.05, 4.69) is 0 Å². The van der Waals surface area contributed by atoms with E-state index in [0.717, 1.165) is 12.8 Å². The van der Waals surface area contributed by atoms with Crippen LogP contribution in [0.1, 0.15) is 33.6 Å². The first kappa shape index (κ1) is 15.0. The van der Waals surface area contributed by atoms with Gasteiger partial charge < -0.3 is 14.4 Å². The number of nitrogens with zero attached hydrogens (tertiary/aromatic N) is 1. The summed E-state index contributed by atoms with van der Waals surface area (Å²) in [6, 6.07) is 0. The van der Waals surface area contributed by atoms with Gasteiger partial charge in [-0.3, -0.25) is 9.59 Å². The lowest BCUT2D eigenvalue weighted by Gasteiger charge is -2.25. The molecular weight excluding hydrogens is 234 g/mol. The van der Waals surface area contributed by atoms with Gasteiger partial charge in [0, 0.05) is 13.2 Å². The molecule has 18 heavy (non-hydrogen) atoms. The van der Waals surface area contributed by atoms with Crippen molar-refractivity contribution in [2.24, 2.45) is 5.92 Å². The van der Waals surface area contributed by atoms with E-state index in [1.54, 1.807) is 11.8 Å². The average Bonchev–Trinajstić information content (AvgIpc) is 2.74. The number of rotatable bonds is 6. The highest BCUT2D eigenvalue weighted by Crippen LogP contribution is 2.22. The molecule has 1 aliphatic rings. The zero-order chi connectivity index (χ0) is 13.5. The predicted molar refractivity (Wildman–Crippen MR) is 67.0 cm³/mol. The van der Waals surface area contributed by atoms with Crippen molar-refractivity contribution < 1.29 is 19.1 Å². The summed E-state index contributed by atoms with van der Waals surface area (Å²) in [6.45, 7) is 7.28. The highest BCUT2D eigenvalue weighted by molar-refractivity contribution is 5.85. The van der Waals surface area contributed by atoms with Crippen molar-refractivity contribution in [1.29, 1.82) is 0 Å². The summed E-state index contributed by atoms with van der Waals surface area (Å²) in [4.78, 5) is 25.3. The average molecular weight is 257 g/mol. The molecule has 1 rings (SSSR count). The molecule has 0 radical (unpaired) electrons. The van der Waals surface area contributed by atoms with E-state index in [-0.39, 0.29) is 24.3 Å². The second-order valence-corrected chi connectivity index (χ2v) is 4.62. The van der Waals surface area contributed by atoms with Crippen LogP contribution in [0, 0.1) is 5.92 Å². The largest absolute Gasteiger partial charge is 0.465 e. The zero-order valence-corrected chi connectivity index (χ0v) is 11.5. The Hall–Kier alpha value is -1.10. The Balaban J connectivity index is 2.59. The number of carbonyl (C=O) groups excluding carboxylic acids is 2. The quantitative estimate of drug-likeness (QED) is 0.671. The van der Waals surface area contributed by atoms with Crippen LogP contribution in [0.2, 0.25) is 0 Å². The molecule has 2 atom stereocenters. The van der Waals surface area contributed by atoms with Gasteiger partial charge in [-0.05, 0) is 25.7 Å². The Bertz CT molecular complexity index is 293. The Morgan fingerprint density at radius 2 is 2.11 bits per heavy atom. The molecule has 1 aliphatic heterocycles. The van der Waals surface area contributed by atoms with Gasteiger partial charge in [-0.2, -0.15) is 0 Å². The van der Waals surface area contributed by atoms with Gasteiger partial charge in [0.25, 0.3) is 5.91 Å². The van der Waals surface area contributed by atoms with Crippen molar-refractivity contribution in [3.8, 4) is 0 Å². The molecule has 104 valence electrons. The molecule has 1 amide bonds. The molecule has 0 bridgehead atoms. The number of esters is 1. The molecular formula is C13H23NO4. The van der Waals surface area contributed by atoms with E-state index in [1.807, 2.05) is 13.8 Å². The highest BCUT2D eigenvalue weighted by Gasteiger charge is 2.34. The summed E-state index contributed by atoms with van der Waals surface area (Å²) in [5.41, 5.74) is 0. The van der Waals surface area contributed by atoms with Gasteiger partial charge in [0.05, 0.1) is 6.61 Å². The minimum absolute atomic E-state index is 0.0209. The summed E-state index contributed by atoms with van der Waals surface area (Å²) in [5.74, 6) is -0.223. The standard InChI is InChI=1S/C13H23NO4/c1-4-7-14(9-11(15)17-5-2)13(16)12-10(3)6-8-18-12/h10,12H,4-9H2,1-3H3. The van der Waals surface area contributed by atoms with Gasteiger partial charge in [0.15, 0.2) is 0 Å². The first-order valence-corrected chi connectivity index (χ1v) is 6.66. The van der Waals surface area contributed by atoms with Crippen molar-refractivity contribution in [2.45, 2.75) is 39.7 Å². The van der Waals surface area contributed by atoms with Crippen molar-refractivity contribution in [2.75, 3.05) is 26.3 Å². The smallest absolute Gasteiger partial charge is 0.325 e. The number of carbonyl (C=O) groups is 2. The molecule has 1 fully saturated rings. The Kier molecular flexibility index (Phi) is 6.12. The van der Waals surface area contributed by atoms with Crippen LogP contribution in [0.25, 0.3) is 0 Å². The van der Waals surface area contributed by atoms with Crippen LogP contribution in [0.5, 0.6) is 0 Å². The first-order chi connectivity index (χ1) is 8.60. The molecule has 1 heterocycles. The van der Waals surface area contributed by atoms with Crippen LogP contribution < -0.4 is 0 Å². The van der Waals surface area contributed by atoms with Gasteiger partial charge in [-0.25, -0.2) is 0 Å². The first-order valence-electron chi connectivity index (χ1n) is 6.66. The molecule has 2 unspecified atom stereocenters. The van der Waals surface area contributed by atoms with E-state index < -0.39 is 6.10 Å². The Morgan fingerprint density at radius 3 is 2.61 bits per heavy atom. The molecule has 5 heteroatoms. The molecule has 0 N–H and O–H groups in total. The van der Waals surface area contributed by atoms with Crippen LogP contribution >= 0.6 is 0 Å². The molecule has 0 aliphatic carbocycles. The lowest BCUT2D eigenvalue weighted by Crippen LogP contribution is -2.44. The maximum absolute atomic E-state index is 12.3. The molecule has 0 saturated carbocycles. The summed E-state index contributed by atoms with van der Waals surface area (Å²) in [7, 11) is 0. The van der Waals surface area contributed by atoms with Crippen LogP contribution in [-0.2, 0) is 19.1 Å². The minimum Gasteiger partial charge on any atom is -0.465 e. The topological polar surface area (TPSA) is 55.8 Å². The fourth-order valence-corrected chi connectivity index (χ4v) is 2.09. The fourth-order valence-electron chi connectivity index (χ4n) is 2.09. The fraction of sp³-hybridized carbons (Fsp3) is 0.846. The third-order valence-electron chi connectivity index (χ3n) is 3.06. The Morgan fingerprint density at radius 1 is 1.39 bits per heavy atom.